The first-order chi connectivity index (χ1) is 19.4. The van der Waals surface area contributed by atoms with Gasteiger partial charge in [-0.3, -0.25) is 4.90 Å². The Bertz CT molecular complexity index is 1530. The first kappa shape index (κ1) is 27.9. The van der Waals surface area contributed by atoms with Crippen LogP contribution in [0.5, 0.6) is 11.9 Å². The zero-order valence-electron chi connectivity index (χ0n) is 21.8. The van der Waals surface area contributed by atoms with Gasteiger partial charge in [-0.05, 0) is 31.5 Å². The lowest BCUT2D eigenvalue weighted by Crippen LogP contribution is -2.43. The minimum absolute atomic E-state index is 0.0121. The van der Waals surface area contributed by atoms with Crippen molar-refractivity contribution >= 4 is 34.0 Å². The van der Waals surface area contributed by atoms with Gasteiger partial charge in [0.2, 0.25) is 5.88 Å². The summed E-state index contributed by atoms with van der Waals surface area (Å²) in [4.78, 5) is 16.3. The summed E-state index contributed by atoms with van der Waals surface area (Å²) in [7, 11) is 1.59. The SMILES string of the molecule is CN1CC(O)COc2nc(-c3cc(N)cc(Cl)c3C(F)(F)F)c(F)c3nc(OC[C@@]45CCCN4C[C@H](F)C5)nc1c23. The molecule has 0 amide bonds. The zero-order valence-corrected chi connectivity index (χ0v) is 22.6. The van der Waals surface area contributed by atoms with Crippen LogP contribution in [0.15, 0.2) is 12.1 Å². The van der Waals surface area contributed by atoms with Gasteiger partial charge in [-0.2, -0.15) is 23.1 Å². The number of nitrogens with two attached hydrogens (primary N) is 1. The molecule has 9 nitrogen and oxygen atoms in total. The van der Waals surface area contributed by atoms with Gasteiger partial charge < -0.3 is 25.2 Å². The van der Waals surface area contributed by atoms with Crippen LogP contribution in [-0.2, 0) is 6.18 Å². The van der Waals surface area contributed by atoms with E-state index in [4.69, 9.17) is 26.8 Å². The molecule has 220 valence electrons. The number of aromatic nitrogens is 3. The number of β-amino-alcohol motifs (C(OH)–C–C–N with tert-alkyl or cyclic N) is 1. The standard InChI is InChI=1S/C26H26ClF5N6O3/c1-37-9-14(39)10-40-23-17-21(19(29)20(34-23)15-5-13(33)6-16(27)18(15)26(30,31)32)35-24(36-22(17)37)41-11-25-3-2-4-38(25)8-12(28)7-25/h5-6,12,14,39H,2-4,7-11,33H2,1H3/t12-,14?,25+/m1/s1. The molecule has 5 heterocycles. The fourth-order valence-electron chi connectivity index (χ4n) is 6.11. The summed E-state index contributed by atoms with van der Waals surface area (Å²) in [5, 5.41) is 9.66. The van der Waals surface area contributed by atoms with Crippen LogP contribution in [0.3, 0.4) is 0 Å². The second-order valence-corrected chi connectivity index (χ2v) is 11.2. The average molecular weight is 601 g/mol. The number of benzene rings is 1. The first-order valence-electron chi connectivity index (χ1n) is 13.0. The molecule has 41 heavy (non-hydrogen) atoms. The fraction of sp³-hybridized carbons (Fsp3) is 0.500. The number of hydrogen-bond acceptors (Lipinski definition) is 9. The highest BCUT2D eigenvalue weighted by atomic mass is 35.5. The molecule has 3 aromatic rings. The Labute approximate surface area is 236 Å². The molecule has 0 saturated carbocycles. The fourth-order valence-corrected chi connectivity index (χ4v) is 6.44. The van der Waals surface area contributed by atoms with Gasteiger partial charge in [-0.1, -0.05) is 11.6 Å². The van der Waals surface area contributed by atoms with Crippen LogP contribution in [-0.4, -0.2) is 82.7 Å². The van der Waals surface area contributed by atoms with E-state index >= 15 is 4.39 Å². The van der Waals surface area contributed by atoms with Crippen molar-refractivity contribution in [2.24, 2.45) is 0 Å². The van der Waals surface area contributed by atoms with Crippen LogP contribution in [0.2, 0.25) is 5.02 Å². The third-order valence-corrected chi connectivity index (χ3v) is 8.15. The highest BCUT2D eigenvalue weighted by molar-refractivity contribution is 6.32. The van der Waals surface area contributed by atoms with Crippen molar-refractivity contribution in [3.05, 3.63) is 28.5 Å². The summed E-state index contributed by atoms with van der Waals surface area (Å²) in [6.45, 7) is 0.822. The monoisotopic (exact) mass is 600 g/mol. The third kappa shape index (κ3) is 4.85. The molecule has 2 fully saturated rings. The van der Waals surface area contributed by atoms with Crippen molar-refractivity contribution in [3.63, 3.8) is 0 Å². The number of halogens is 6. The quantitative estimate of drug-likeness (QED) is 0.336. The number of anilines is 2. The molecular formula is C26H26ClF5N6O3. The third-order valence-electron chi connectivity index (χ3n) is 7.85. The summed E-state index contributed by atoms with van der Waals surface area (Å²) < 4.78 is 84.4. The Morgan fingerprint density at radius 1 is 1.24 bits per heavy atom. The van der Waals surface area contributed by atoms with E-state index in [1.807, 2.05) is 4.90 Å². The van der Waals surface area contributed by atoms with E-state index in [-0.39, 0.29) is 55.0 Å². The lowest BCUT2D eigenvalue weighted by Gasteiger charge is -2.31. The topological polar surface area (TPSA) is 110 Å². The maximum absolute atomic E-state index is 16.3. The van der Waals surface area contributed by atoms with E-state index in [9.17, 15) is 22.7 Å². The van der Waals surface area contributed by atoms with Crippen molar-refractivity contribution in [1.82, 2.24) is 19.9 Å². The van der Waals surface area contributed by atoms with Crippen LogP contribution >= 0.6 is 11.6 Å². The maximum atomic E-state index is 16.3. The number of fused-ring (bicyclic) bond motifs is 1. The number of aliphatic hydroxyl groups is 1. The van der Waals surface area contributed by atoms with E-state index in [1.54, 1.807) is 7.05 Å². The Morgan fingerprint density at radius 3 is 2.78 bits per heavy atom. The molecule has 3 aliphatic heterocycles. The lowest BCUT2D eigenvalue weighted by molar-refractivity contribution is -0.137. The minimum Gasteiger partial charge on any atom is -0.474 e. The van der Waals surface area contributed by atoms with Gasteiger partial charge in [0.15, 0.2) is 5.82 Å². The summed E-state index contributed by atoms with van der Waals surface area (Å²) >= 11 is 5.92. The number of nitrogens with zero attached hydrogens (tertiary/aromatic N) is 5. The normalized spacial score (nSPS) is 24.7. The molecule has 1 aromatic carbocycles. The van der Waals surface area contributed by atoms with Crippen molar-refractivity contribution in [2.45, 2.75) is 43.3 Å². The van der Waals surface area contributed by atoms with Gasteiger partial charge in [-0.25, -0.2) is 13.8 Å². The van der Waals surface area contributed by atoms with E-state index in [2.05, 4.69) is 15.0 Å². The summed E-state index contributed by atoms with van der Waals surface area (Å²) in [6, 6.07) is 1.57. The number of pyridine rings is 1. The molecule has 15 heteroatoms. The second kappa shape index (κ2) is 9.95. The molecule has 1 unspecified atom stereocenters. The van der Waals surface area contributed by atoms with Gasteiger partial charge in [0.1, 0.15) is 47.9 Å². The number of hydrogen-bond donors (Lipinski definition) is 2. The molecule has 3 atom stereocenters. The molecule has 0 aliphatic carbocycles. The van der Waals surface area contributed by atoms with Crippen molar-refractivity contribution in [1.29, 1.82) is 0 Å². The average Bonchev–Trinajstić information content (AvgIpc) is 3.40. The van der Waals surface area contributed by atoms with Crippen LogP contribution in [0.4, 0.5) is 33.5 Å². The molecule has 0 radical (unpaired) electrons. The van der Waals surface area contributed by atoms with Gasteiger partial charge in [0, 0.05) is 37.8 Å². The van der Waals surface area contributed by atoms with Gasteiger partial charge in [0.25, 0.3) is 0 Å². The summed E-state index contributed by atoms with van der Waals surface area (Å²) in [6.07, 6.45) is -5.16. The van der Waals surface area contributed by atoms with Crippen molar-refractivity contribution in [2.75, 3.05) is 50.5 Å². The molecule has 0 spiro atoms. The second-order valence-electron chi connectivity index (χ2n) is 10.8. The molecule has 3 aliphatic rings. The molecular weight excluding hydrogens is 575 g/mol. The minimum atomic E-state index is -4.97. The summed E-state index contributed by atoms with van der Waals surface area (Å²) in [5.74, 6) is -1.39. The molecule has 2 saturated heterocycles. The van der Waals surface area contributed by atoms with E-state index in [0.29, 0.717) is 13.0 Å². The number of likely N-dealkylation sites (N-methyl/N-ethyl adjacent to an activating group) is 1. The first-order valence-corrected chi connectivity index (χ1v) is 13.4. The van der Waals surface area contributed by atoms with Crippen LogP contribution < -0.4 is 20.1 Å². The predicted octanol–water partition coefficient (Wildman–Crippen LogP) is 4.23. The molecule has 3 N–H and O–H groups in total. The lowest BCUT2D eigenvalue weighted by atomic mass is 9.95. The van der Waals surface area contributed by atoms with E-state index < -0.39 is 57.2 Å². The highest BCUT2D eigenvalue weighted by Crippen LogP contribution is 2.46. The molecule has 6 rings (SSSR count). The number of aliphatic hydroxyl groups excluding tert-OH is 1. The predicted molar refractivity (Wildman–Crippen MR) is 140 cm³/mol. The largest absolute Gasteiger partial charge is 0.474 e. The van der Waals surface area contributed by atoms with Crippen LogP contribution in [0.25, 0.3) is 22.2 Å². The smallest absolute Gasteiger partial charge is 0.418 e. The van der Waals surface area contributed by atoms with Crippen molar-refractivity contribution < 1.29 is 36.5 Å². The van der Waals surface area contributed by atoms with Gasteiger partial charge >= 0.3 is 12.2 Å². The van der Waals surface area contributed by atoms with E-state index in [1.165, 1.54) is 4.90 Å². The van der Waals surface area contributed by atoms with Crippen LogP contribution in [0, 0.1) is 5.82 Å². The van der Waals surface area contributed by atoms with E-state index in [0.717, 1.165) is 25.1 Å². The Morgan fingerprint density at radius 2 is 2.02 bits per heavy atom. The summed E-state index contributed by atoms with van der Waals surface area (Å²) in [5.41, 5.74) is 1.89. The van der Waals surface area contributed by atoms with Crippen molar-refractivity contribution in [3.8, 4) is 23.1 Å². The number of alkyl halides is 4. The Balaban J connectivity index is 1.53. The Kier molecular flexibility index (Phi) is 6.77. The Hall–Kier alpha value is -3.23. The van der Waals surface area contributed by atoms with Gasteiger partial charge in [0.05, 0.1) is 16.1 Å². The molecule has 2 aromatic heterocycles. The zero-order chi connectivity index (χ0) is 29.3. The highest BCUT2D eigenvalue weighted by Gasteiger charge is 2.49. The van der Waals surface area contributed by atoms with Crippen LogP contribution in [0.1, 0.15) is 24.8 Å². The van der Waals surface area contributed by atoms with Gasteiger partial charge in [-0.15, -0.1) is 0 Å². The number of nitrogen functional groups attached to an aromatic ring is 1. The molecule has 0 bridgehead atoms. The number of ether oxygens (including phenoxy) is 2. The maximum Gasteiger partial charge on any atom is 0.418 e. The number of rotatable bonds is 4.